The number of piperidine rings is 1. The Labute approximate surface area is 218 Å². The number of likely N-dealkylation sites (tertiary alicyclic amines) is 1. The summed E-state index contributed by atoms with van der Waals surface area (Å²) < 4.78 is 25.9. The van der Waals surface area contributed by atoms with Crippen molar-refractivity contribution < 1.29 is 33.7 Å². The highest BCUT2D eigenvalue weighted by Crippen LogP contribution is 2.39. The molecule has 38 heavy (non-hydrogen) atoms. The van der Waals surface area contributed by atoms with Crippen molar-refractivity contribution in [3.05, 3.63) is 35.5 Å². The lowest BCUT2D eigenvalue weighted by Crippen LogP contribution is -2.55. The summed E-state index contributed by atoms with van der Waals surface area (Å²) >= 11 is 0. The Bertz CT molecular complexity index is 1370. The number of β-amino-alcohol motifs (C(OH)–C–C–N with tert-alkyl or cyclic N) is 1. The number of aromatic nitrogens is 3. The number of aromatic amines is 1. The highest BCUT2D eigenvalue weighted by Gasteiger charge is 2.32. The molecule has 2 aliphatic rings. The summed E-state index contributed by atoms with van der Waals surface area (Å²) in [5.41, 5.74) is 2.37. The van der Waals surface area contributed by atoms with Crippen molar-refractivity contribution in [2.75, 3.05) is 33.4 Å². The van der Waals surface area contributed by atoms with Gasteiger partial charge in [-0.25, -0.2) is 14.4 Å². The quantitative estimate of drug-likeness (QED) is 0.345. The van der Waals surface area contributed by atoms with E-state index in [2.05, 4.69) is 20.3 Å². The Morgan fingerprint density at radius 1 is 1.24 bits per heavy atom. The number of amides is 2. The lowest BCUT2D eigenvalue weighted by molar-refractivity contribution is -0.137. The molecule has 12 heteroatoms. The number of rotatable bonds is 8. The largest absolute Gasteiger partial charge is 0.494 e. The van der Waals surface area contributed by atoms with Crippen LogP contribution in [0.4, 0.5) is 4.39 Å². The van der Waals surface area contributed by atoms with Crippen LogP contribution in [-0.2, 0) is 4.79 Å². The van der Waals surface area contributed by atoms with Gasteiger partial charge < -0.3 is 34.9 Å². The molecular formula is C26H30FN5O6. The molecule has 1 aromatic carbocycles. The fourth-order valence-corrected chi connectivity index (χ4v) is 4.76. The molecule has 4 N–H and O–H groups in total. The number of carbonyl (C=O) groups is 2. The SMILES string of the molecule is COc1cc(OCC2CC2)c(-c2ncnc3c(C(=O)N[C@@H]4CCN(C(=O)CO)C[C@@H]4O)c(C)[nH]c23)cc1F. The Morgan fingerprint density at radius 3 is 2.71 bits per heavy atom. The molecule has 0 spiro atoms. The van der Waals surface area contributed by atoms with E-state index in [0.29, 0.717) is 59.2 Å². The summed E-state index contributed by atoms with van der Waals surface area (Å²) in [6.45, 7) is 1.89. The molecule has 1 aliphatic carbocycles. The third-order valence-corrected chi connectivity index (χ3v) is 7.07. The normalized spacial score (nSPS) is 19.4. The summed E-state index contributed by atoms with van der Waals surface area (Å²) in [7, 11) is 1.39. The van der Waals surface area contributed by atoms with Crippen molar-refractivity contribution in [1.29, 1.82) is 0 Å². The maximum Gasteiger partial charge on any atom is 0.255 e. The van der Waals surface area contributed by atoms with Crippen LogP contribution in [0.3, 0.4) is 0 Å². The Balaban J connectivity index is 1.45. The molecule has 3 aromatic rings. The van der Waals surface area contributed by atoms with Crippen molar-refractivity contribution in [3.63, 3.8) is 0 Å². The summed E-state index contributed by atoms with van der Waals surface area (Å²) in [4.78, 5) is 38.3. The van der Waals surface area contributed by atoms with E-state index in [1.54, 1.807) is 6.92 Å². The number of aliphatic hydroxyl groups is 2. The predicted molar refractivity (Wildman–Crippen MR) is 134 cm³/mol. The number of hydrogen-bond donors (Lipinski definition) is 4. The van der Waals surface area contributed by atoms with Crippen molar-refractivity contribution in [2.24, 2.45) is 5.92 Å². The maximum absolute atomic E-state index is 14.8. The molecular weight excluding hydrogens is 497 g/mol. The van der Waals surface area contributed by atoms with Gasteiger partial charge in [0, 0.05) is 30.4 Å². The molecule has 1 saturated carbocycles. The molecule has 1 aliphatic heterocycles. The molecule has 0 bridgehead atoms. The lowest BCUT2D eigenvalue weighted by atomic mass is 10.0. The third kappa shape index (κ3) is 5.01. The summed E-state index contributed by atoms with van der Waals surface area (Å²) in [5.74, 6) is -0.555. The number of benzene rings is 1. The first-order chi connectivity index (χ1) is 18.3. The number of fused-ring (bicyclic) bond motifs is 1. The Morgan fingerprint density at radius 2 is 2.03 bits per heavy atom. The molecule has 3 heterocycles. The zero-order valence-corrected chi connectivity index (χ0v) is 21.2. The minimum atomic E-state index is -0.993. The van der Waals surface area contributed by atoms with Gasteiger partial charge in [-0.1, -0.05) is 0 Å². The standard InChI is InChI=1S/C26H30FN5O6/c1-13-22(26(36)31-17-5-6-32(9-18(17)34)21(35)10-33)24-25(30-13)23(28-12-29-24)15-7-16(27)20(37-2)8-19(15)38-11-14-3-4-14/h7-8,12,14,17-18,30,33-34H,3-6,9-11H2,1-2H3,(H,31,36)/t17-,18+/m1/s1. The Hall–Kier alpha value is -3.77. The molecule has 0 radical (unpaired) electrons. The molecule has 11 nitrogen and oxygen atoms in total. The van der Waals surface area contributed by atoms with Crippen LogP contribution >= 0.6 is 0 Å². The van der Waals surface area contributed by atoms with Gasteiger partial charge in [0.05, 0.1) is 36.9 Å². The summed E-state index contributed by atoms with van der Waals surface area (Å²) in [6, 6.07) is 2.21. The second-order valence-corrected chi connectivity index (χ2v) is 9.74. The number of nitrogens with zero attached hydrogens (tertiary/aromatic N) is 3. The van der Waals surface area contributed by atoms with Crippen LogP contribution < -0.4 is 14.8 Å². The monoisotopic (exact) mass is 527 g/mol. The van der Waals surface area contributed by atoms with E-state index in [0.717, 1.165) is 12.8 Å². The molecule has 0 unspecified atom stereocenters. The first-order valence-corrected chi connectivity index (χ1v) is 12.5. The van der Waals surface area contributed by atoms with Gasteiger partial charge in [0.1, 0.15) is 29.9 Å². The van der Waals surface area contributed by atoms with Crippen LogP contribution in [0.1, 0.15) is 35.3 Å². The van der Waals surface area contributed by atoms with Crippen molar-refractivity contribution >= 4 is 22.8 Å². The van der Waals surface area contributed by atoms with E-state index >= 15 is 0 Å². The number of H-pyrrole nitrogens is 1. The fourth-order valence-electron chi connectivity index (χ4n) is 4.76. The van der Waals surface area contributed by atoms with Crippen molar-refractivity contribution in [2.45, 2.75) is 38.3 Å². The zero-order valence-electron chi connectivity index (χ0n) is 21.2. The van der Waals surface area contributed by atoms with Crippen LogP contribution in [0.2, 0.25) is 0 Å². The minimum absolute atomic E-state index is 0.0101. The van der Waals surface area contributed by atoms with Gasteiger partial charge in [0.25, 0.3) is 5.91 Å². The van der Waals surface area contributed by atoms with E-state index < -0.39 is 36.4 Å². The predicted octanol–water partition coefficient (Wildman–Crippen LogP) is 1.55. The number of aliphatic hydroxyl groups excluding tert-OH is 2. The van der Waals surface area contributed by atoms with Gasteiger partial charge in [-0.15, -0.1) is 0 Å². The number of ether oxygens (including phenoxy) is 2. The first kappa shape index (κ1) is 25.9. The summed E-state index contributed by atoms with van der Waals surface area (Å²) in [5, 5.41) is 22.4. The zero-order chi connectivity index (χ0) is 27.0. The van der Waals surface area contributed by atoms with Crippen molar-refractivity contribution in [1.82, 2.24) is 25.2 Å². The molecule has 1 saturated heterocycles. The number of carbonyl (C=O) groups excluding carboxylic acids is 2. The van der Waals surface area contributed by atoms with Crippen LogP contribution in [-0.4, -0.2) is 87.4 Å². The minimum Gasteiger partial charge on any atom is -0.494 e. The average molecular weight is 528 g/mol. The molecule has 2 amide bonds. The van der Waals surface area contributed by atoms with Crippen LogP contribution in [0, 0.1) is 18.7 Å². The topological polar surface area (TPSA) is 150 Å². The van der Waals surface area contributed by atoms with E-state index in [9.17, 15) is 19.1 Å². The average Bonchev–Trinajstić information content (AvgIpc) is 3.67. The molecule has 202 valence electrons. The number of methoxy groups -OCH3 is 1. The van der Waals surface area contributed by atoms with Crippen LogP contribution in [0.5, 0.6) is 11.5 Å². The second-order valence-electron chi connectivity index (χ2n) is 9.74. The molecule has 2 atom stereocenters. The van der Waals surface area contributed by atoms with Gasteiger partial charge in [0.15, 0.2) is 11.6 Å². The van der Waals surface area contributed by atoms with Crippen LogP contribution in [0.25, 0.3) is 22.3 Å². The smallest absolute Gasteiger partial charge is 0.255 e. The highest BCUT2D eigenvalue weighted by atomic mass is 19.1. The highest BCUT2D eigenvalue weighted by molar-refractivity contribution is 6.09. The number of hydrogen-bond acceptors (Lipinski definition) is 8. The van der Waals surface area contributed by atoms with E-state index in [-0.39, 0.29) is 17.9 Å². The lowest BCUT2D eigenvalue weighted by Gasteiger charge is -2.36. The number of aryl methyl sites for hydroxylation is 1. The molecule has 5 rings (SSSR count). The number of nitrogens with one attached hydrogen (secondary N) is 2. The van der Waals surface area contributed by atoms with Gasteiger partial charge in [-0.05, 0) is 38.2 Å². The van der Waals surface area contributed by atoms with E-state index in [4.69, 9.17) is 14.6 Å². The maximum atomic E-state index is 14.8. The van der Waals surface area contributed by atoms with E-state index in [1.165, 1.54) is 30.5 Å². The second kappa shape index (κ2) is 10.5. The van der Waals surface area contributed by atoms with Gasteiger partial charge in [-0.2, -0.15) is 0 Å². The Kier molecular flexibility index (Phi) is 7.17. The van der Waals surface area contributed by atoms with Gasteiger partial charge >= 0.3 is 0 Å². The molecule has 2 fully saturated rings. The van der Waals surface area contributed by atoms with Gasteiger partial charge in [-0.3, -0.25) is 9.59 Å². The number of halogens is 1. The first-order valence-electron chi connectivity index (χ1n) is 12.5. The summed E-state index contributed by atoms with van der Waals surface area (Å²) in [6.07, 6.45) is 2.82. The van der Waals surface area contributed by atoms with Crippen LogP contribution in [0.15, 0.2) is 18.5 Å². The fraction of sp³-hybridized carbons (Fsp3) is 0.462. The van der Waals surface area contributed by atoms with Crippen molar-refractivity contribution in [3.8, 4) is 22.8 Å². The van der Waals surface area contributed by atoms with E-state index in [1.807, 2.05) is 0 Å². The van der Waals surface area contributed by atoms with Gasteiger partial charge in [0.2, 0.25) is 5.91 Å². The third-order valence-electron chi connectivity index (χ3n) is 7.07. The molecule has 2 aromatic heterocycles.